The second-order valence-corrected chi connectivity index (χ2v) is 7.35. The van der Waals surface area contributed by atoms with Crippen LogP contribution in [0.1, 0.15) is 19.8 Å². The zero-order valence-electron chi connectivity index (χ0n) is 10.6. The number of carboxylic acid groups (broad SMARTS) is 1. The third kappa shape index (κ3) is 4.32. The van der Waals surface area contributed by atoms with Gasteiger partial charge in [0.15, 0.2) is 0 Å². The highest BCUT2D eigenvalue weighted by Crippen LogP contribution is 2.36. The molecule has 110 valence electrons. The average molecular weight is 614 g/mol. The SMILES string of the molecule is CCN(C(=O)CCC(=O)O)c1c(I)cc(I)c(N)c1I. The van der Waals surface area contributed by atoms with Gasteiger partial charge in [-0.1, -0.05) is 0 Å². The van der Waals surface area contributed by atoms with Crippen molar-refractivity contribution in [3.05, 3.63) is 16.8 Å². The van der Waals surface area contributed by atoms with Crippen molar-refractivity contribution in [3.63, 3.8) is 0 Å². The smallest absolute Gasteiger partial charge is 0.303 e. The maximum Gasteiger partial charge on any atom is 0.303 e. The number of benzene rings is 1. The van der Waals surface area contributed by atoms with E-state index in [0.717, 1.165) is 16.4 Å². The number of nitrogens with zero attached hydrogens (tertiary/aromatic N) is 1. The first kappa shape index (κ1) is 18.2. The van der Waals surface area contributed by atoms with Crippen molar-refractivity contribution in [1.82, 2.24) is 0 Å². The van der Waals surface area contributed by atoms with Crippen LogP contribution in [-0.4, -0.2) is 23.5 Å². The predicted molar refractivity (Wildman–Crippen MR) is 104 cm³/mol. The van der Waals surface area contributed by atoms with Crippen LogP contribution < -0.4 is 10.6 Å². The monoisotopic (exact) mass is 614 g/mol. The van der Waals surface area contributed by atoms with Crippen LogP contribution in [-0.2, 0) is 9.59 Å². The lowest BCUT2D eigenvalue weighted by molar-refractivity contribution is -0.138. The Hall–Kier alpha value is 0.150. The van der Waals surface area contributed by atoms with Gasteiger partial charge in [-0.25, -0.2) is 0 Å². The third-order valence-corrected chi connectivity index (χ3v) is 5.43. The fraction of sp³-hybridized carbons (Fsp3) is 0.333. The van der Waals surface area contributed by atoms with Crippen LogP contribution in [0.4, 0.5) is 11.4 Å². The Balaban J connectivity index is 3.16. The number of carbonyl (C=O) groups is 2. The Labute approximate surface area is 158 Å². The highest BCUT2D eigenvalue weighted by Gasteiger charge is 2.22. The summed E-state index contributed by atoms with van der Waals surface area (Å²) in [6.07, 6.45) is -0.177. The Bertz CT molecular complexity index is 549. The minimum Gasteiger partial charge on any atom is -0.481 e. The van der Waals surface area contributed by atoms with Gasteiger partial charge in [-0.2, -0.15) is 0 Å². The fourth-order valence-electron chi connectivity index (χ4n) is 1.65. The summed E-state index contributed by atoms with van der Waals surface area (Å²) < 4.78 is 2.69. The first-order valence-electron chi connectivity index (χ1n) is 5.74. The number of halogens is 3. The molecule has 1 aromatic carbocycles. The lowest BCUT2D eigenvalue weighted by Gasteiger charge is -2.24. The molecule has 0 saturated carbocycles. The zero-order chi connectivity index (χ0) is 15.4. The van der Waals surface area contributed by atoms with Gasteiger partial charge >= 0.3 is 5.97 Å². The van der Waals surface area contributed by atoms with E-state index in [0.29, 0.717) is 12.2 Å². The van der Waals surface area contributed by atoms with E-state index >= 15 is 0 Å². The van der Waals surface area contributed by atoms with E-state index in [9.17, 15) is 9.59 Å². The molecule has 0 aliphatic carbocycles. The zero-order valence-corrected chi connectivity index (χ0v) is 17.1. The number of rotatable bonds is 5. The van der Waals surface area contributed by atoms with Crippen molar-refractivity contribution in [2.45, 2.75) is 19.8 Å². The molecule has 5 nitrogen and oxygen atoms in total. The second kappa shape index (κ2) is 7.96. The van der Waals surface area contributed by atoms with Crippen molar-refractivity contribution < 1.29 is 14.7 Å². The summed E-state index contributed by atoms with van der Waals surface area (Å²) >= 11 is 6.45. The number of amides is 1. The largest absolute Gasteiger partial charge is 0.481 e. The van der Waals surface area contributed by atoms with E-state index in [2.05, 4.69) is 67.8 Å². The molecule has 1 amide bonds. The molecule has 0 heterocycles. The molecule has 0 atom stereocenters. The summed E-state index contributed by atoms with van der Waals surface area (Å²) in [5.41, 5.74) is 7.43. The number of hydrogen-bond acceptors (Lipinski definition) is 3. The van der Waals surface area contributed by atoms with Crippen molar-refractivity contribution in [1.29, 1.82) is 0 Å². The summed E-state index contributed by atoms with van der Waals surface area (Å²) in [7, 11) is 0. The van der Waals surface area contributed by atoms with E-state index < -0.39 is 5.97 Å². The molecule has 0 bridgehead atoms. The van der Waals surface area contributed by atoms with Crippen LogP contribution in [0.2, 0.25) is 0 Å². The van der Waals surface area contributed by atoms with Crippen LogP contribution in [0.25, 0.3) is 0 Å². The van der Waals surface area contributed by atoms with Gasteiger partial charge in [0.25, 0.3) is 0 Å². The Morgan fingerprint density at radius 2 is 1.85 bits per heavy atom. The van der Waals surface area contributed by atoms with Crippen molar-refractivity contribution in [2.24, 2.45) is 0 Å². The van der Waals surface area contributed by atoms with Gasteiger partial charge in [-0.05, 0) is 80.8 Å². The molecule has 0 aromatic heterocycles. The molecule has 0 unspecified atom stereocenters. The predicted octanol–water partition coefficient (Wildman–Crippen LogP) is 3.30. The second-order valence-electron chi connectivity index (χ2n) is 3.95. The number of anilines is 2. The molecule has 20 heavy (non-hydrogen) atoms. The summed E-state index contributed by atoms with van der Waals surface area (Å²) in [6, 6.07) is 1.92. The summed E-state index contributed by atoms with van der Waals surface area (Å²) in [6.45, 7) is 2.34. The maximum atomic E-state index is 12.2. The Morgan fingerprint density at radius 1 is 1.25 bits per heavy atom. The Kier molecular flexibility index (Phi) is 7.24. The molecular formula is C12H13I3N2O3. The molecule has 1 rings (SSSR count). The maximum absolute atomic E-state index is 12.2. The van der Waals surface area contributed by atoms with Gasteiger partial charge in [0, 0.05) is 20.1 Å². The third-order valence-electron chi connectivity index (χ3n) is 2.62. The molecule has 3 N–H and O–H groups in total. The Morgan fingerprint density at radius 3 is 2.35 bits per heavy atom. The normalized spacial score (nSPS) is 10.4. The first-order valence-corrected chi connectivity index (χ1v) is 8.98. The molecule has 0 radical (unpaired) electrons. The van der Waals surface area contributed by atoms with E-state index in [4.69, 9.17) is 10.8 Å². The molecule has 8 heteroatoms. The quantitative estimate of drug-likeness (QED) is 0.395. The number of aliphatic carboxylic acids is 1. The average Bonchev–Trinajstić information content (AvgIpc) is 2.38. The highest BCUT2D eigenvalue weighted by molar-refractivity contribution is 14.1. The van der Waals surface area contributed by atoms with Crippen molar-refractivity contribution in [2.75, 3.05) is 17.2 Å². The van der Waals surface area contributed by atoms with Crippen molar-refractivity contribution >= 4 is 91.0 Å². The number of carboxylic acids is 1. The van der Waals surface area contributed by atoms with Gasteiger partial charge < -0.3 is 15.7 Å². The van der Waals surface area contributed by atoms with Crippen LogP contribution >= 0.6 is 67.8 Å². The number of hydrogen-bond donors (Lipinski definition) is 2. The minimum atomic E-state index is -0.971. The van der Waals surface area contributed by atoms with Gasteiger partial charge in [0.2, 0.25) is 5.91 Å². The first-order chi connectivity index (χ1) is 9.29. The van der Waals surface area contributed by atoms with Gasteiger partial charge in [-0.3, -0.25) is 9.59 Å². The van der Waals surface area contributed by atoms with Crippen LogP contribution in [0.5, 0.6) is 0 Å². The number of nitrogen functional groups attached to an aromatic ring is 1. The molecule has 0 saturated heterocycles. The molecule has 0 fully saturated rings. The summed E-state index contributed by atoms with van der Waals surface area (Å²) in [5.74, 6) is -1.17. The summed E-state index contributed by atoms with van der Waals surface area (Å²) in [5, 5.41) is 8.68. The number of carbonyl (C=O) groups excluding carboxylic acids is 1. The fourth-order valence-corrected chi connectivity index (χ4v) is 5.60. The standard InChI is InChI=1S/C12H13I3N2O3/c1-2-17(8(18)3-4-9(19)20)12-7(14)5-6(13)11(16)10(12)15/h5H,2-4,16H2,1H3,(H,19,20). The van der Waals surface area contributed by atoms with Gasteiger partial charge in [0.1, 0.15) is 0 Å². The summed E-state index contributed by atoms with van der Waals surface area (Å²) in [4.78, 5) is 24.4. The van der Waals surface area contributed by atoms with Crippen molar-refractivity contribution in [3.8, 4) is 0 Å². The lowest BCUT2D eigenvalue weighted by Crippen LogP contribution is -2.32. The number of nitrogens with two attached hydrogens (primary N) is 1. The molecule has 1 aromatic rings. The van der Waals surface area contributed by atoms with E-state index in [1.807, 2.05) is 13.0 Å². The van der Waals surface area contributed by atoms with Gasteiger partial charge in [0.05, 0.1) is 21.4 Å². The molecular weight excluding hydrogens is 601 g/mol. The highest BCUT2D eigenvalue weighted by atomic mass is 127. The molecule has 0 aliphatic heterocycles. The van der Waals surface area contributed by atoms with Crippen LogP contribution in [0.15, 0.2) is 6.07 Å². The lowest BCUT2D eigenvalue weighted by atomic mass is 10.2. The minimum absolute atomic E-state index is 0.0127. The van der Waals surface area contributed by atoms with Crippen LogP contribution in [0.3, 0.4) is 0 Å². The van der Waals surface area contributed by atoms with E-state index in [1.54, 1.807) is 4.90 Å². The van der Waals surface area contributed by atoms with Crippen LogP contribution in [0, 0.1) is 10.7 Å². The molecule has 0 aliphatic rings. The topological polar surface area (TPSA) is 83.6 Å². The van der Waals surface area contributed by atoms with E-state index in [1.165, 1.54) is 0 Å². The van der Waals surface area contributed by atoms with E-state index in [-0.39, 0.29) is 18.7 Å². The molecule has 0 spiro atoms. The van der Waals surface area contributed by atoms with Gasteiger partial charge in [-0.15, -0.1) is 0 Å².